The lowest BCUT2D eigenvalue weighted by molar-refractivity contribution is 0.121. The highest BCUT2D eigenvalue weighted by Gasteiger charge is 2.37. The Kier molecular flexibility index (Phi) is 10.2. The summed E-state index contributed by atoms with van der Waals surface area (Å²) in [6, 6.07) is 0.951. The predicted octanol–water partition coefficient (Wildman–Crippen LogP) is 6.45. The first-order valence-electron chi connectivity index (χ1n) is 11.3. The maximum Gasteiger partial charge on any atom is 0.500 e. The molecule has 0 unspecified atom stereocenters. The van der Waals surface area contributed by atoms with Crippen LogP contribution in [0.15, 0.2) is 0 Å². The molecule has 0 aromatic carbocycles. The lowest BCUT2D eigenvalue weighted by atomic mass is 9.68. The molecule has 0 heterocycles. The van der Waals surface area contributed by atoms with Crippen molar-refractivity contribution in [2.24, 2.45) is 23.7 Å². The first kappa shape index (κ1) is 22.4. The Morgan fingerprint density at radius 3 is 1.54 bits per heavy atom. The van der Waals surface area contributed by atoms with Gasteiger partial charge < -0.3 is 13.3 Å². The van der Waals surface area contributed by atoms with Crippen LogP contribution in [0.2, 0.25) is 6.04 Å². The third kappa shape index (κ3) is 6.61. The Morgan fingerprint density at radius 1 is 0.654 bits per heavy atom. The van der Waals surface area contributed by atoms with E-state index in [0.717, 1.165) is 29.7 Å². The summed E-state index contributed by atoms with van der Waals surface area (Å²) in [5, 5.41) is 0. The van der Waals surface area contributed by atoms with Gasteiger partial charge in [-0.3, -0.25) is 0 Å². The Balaban J connectivity index is 1.59. The minimum Gasteiger partial charge on any atom is -0.377 e. The van der Waals surface area contributed by atoms with Crippen molar-refractivity contribution >= 4 is 8.80 Å². The van der Waals surface area contributed by atoms with Crippen LogP contribution in [0.1, 0.15) is 90.4 Å². The second kappa shape index (κ2) is 11.8. The SMILES string of the molecule is CCCC1CCC(C2CCC(CCCC[Si](OC)(OC)OC)CC2)CC1. The van der Waals surface area contributed by atoms with E-state index in [9.17, 15) is 0 Å². The van der Waals surface area contributed by atoms with Gasteiger partial charge in [0.15, 0.2) is 0 Å². The Morgan fingerprint density at radius 2 is 1.12 bits per heavy atom. The molecule has 2 rings (SSSR count). The van der Waals surface area contributed by atoms with Gasteiger partial charge in [0, 0.05) is 27.4 Å². The zero-order valence-corrected chi connectivity index (χ0v) is 18.9. The molecule has 0 bridgehead atoms. The smallest absolute Gasteiger partial charge is 0.377 e. The van der Waals surface area contributed by atoms with Crippen LogP contribution in [0.25, 0.3) is 0 Å². The first-order chi connectivity index (χ1) is 12.7. The van der Waals surface area contributed by atoms with E-state index in [4.69, 9.17) is 13.3 Å². The monoisotopic (exact) mass is 384 g/mol. The van der Waals surface area contributed by atoms with E-state index in [1.165, 1.54) is 83.5 Å². The second-order valence-electron chi connectivity index (χ2n) is 8.89. The van der Waals surface area contributed by atoms with Crippen molar-refractivity contribution in [2.75, 3.05) is 21.3 Å². The highest BCUT2D eigenvalue weighted by molar-refractivity contribution is 6.60. The summed E-state index contributed by atoms with van der Waals surface area (Å²) in [4.78, 5) is 0. The van der Waals surface area contributed by atoms with Crippen LogP contribution >= 0.6 is 0 Å². The summed E-state index contributed by atoms with van der Waals surface area (Å²) in [5.74, 6) is 4.12. The maximum absolute atomic E-state index is 5.53. The van der Waals surface area contributed by atoms with Gasteiger partial charge >= 0.3 is 8.80 Å². The van der Waals surface area contributed by atoms with Gasteiger partial charge in [-0.15, -0.1) is 0 Å². The van der Waals surface area contributed by atoms with Crippen molar-refractivity contribution in [3.8, 4) is 0 Å². The summed E-state index contributed by atoms with van der Waals surface area (Å²) in [6.07, 6.45) is 18.7. The minimum absolute atomic E-state index is 0.951. The van der Waals surface area contributed by atoms with Crippen LogP contribution in [0.5, 0.6) is 0 Å². The molecule has 0 aromatic heterocycles. The van der Waals surface area contributed by atoms with Gasteiger partial charge in [-0.1, -0.05) is 58.3 Å². The quantitative estimate of drug-likeness (QED) is 0.303. The number of unbranched alkanes of at least 4 members (excludes halogenated alkanes) is 1. The summed E-state index contributed by atoms with van der Waals surface area (Å²) < 4.78 is 16.6. The van der Waals surface area contributed by atoms with Gasteiger partial charge in [0.25, 0.3) is 0 Å². The third-order valence-corrected chi connectivity index (χ3v) is 10.3. The van der Waals surface area contributed by atoms with E-state index in [1.807, 2.05) is 0 Å². The molecule has 0 atom stereocenters. The molecule has 154 valence electrons. The molecule has 0 amide bonds. The van der Waals surface area contributed by atoms with Gasteiger partial charge in [-0.2, -0.15) is 0 Å². The van der Waals surface area contributed by atoms with Crippen LogP contribution in [0.4, 0.5) is 0 Å². The van der Waals surface area contributed by atoms with Crippen LogP contribution in [-0.4, -0.2) is 30.1 Å². The van der Waals surface area contributed by atoms with Crippen molar-refractivity contribution in [1.82, 2.24) is 0 Å². The Hall–Kier alpha value is 0.0969. The molecule has 2 aliphatic carbocycles. The first-order valence-corrected chi connectivity index (χ1v) is 13.2. The molecule has 2 fully saturated rings. The number of hydrogen-bond acceptors (Lipinski definition) is 3. The van der Waals surface area contributed by atoms with Crippen molar-refractivity contribution in [3.05, 3.63) is 0 Å². The summed E-state index contributed by atoms with van der Waals surface area (Å²) in [7, 11) is 2.81. The molecule has 0 saturated heterocycles. The fourth-order valence-corrected chi connectivity index (χ4v) is 7.43. The van der Waals surface area contributed by atoms with Gasteiger partial charge in [0.2, 0.25) is 0 Å². The van der Waals surface area contributed by atoms with Gasteiger partial charge in [0.1, 0.15) is 0 Å². The van der Waals surface area contributed by atoms with E-state index in [2.05, 4.69) is 6.92 Å². The minimum atomic E-state index is -2.35. The molecule has 0 N–H and O–H groups in total. The van der Waals surface area contributed by atoms with Gasteiger partial charge in [-0.05, 0) is 55.8 Å². The van der Waals surface area contributed by atoms with Crippen LogP contribution < -0.4 is 0 Å². The van der Waals surface area contributed by atoms with Gasteiger partial charge in [-0.25, -0.2) is 0 Å². The normalized spacial score (nSPS) is 30.5. The second-order valence-corrected chi connectivity index (χ2v) is 12.0. The van der Waals surface area contributed by atoms with Crippen molar-refractivity contribution in [3.63, 3.8) is 0 Å². The van der Waals surface area contributed by atoms with Crippen LogP contribution in [0, 0.1) is 23.7 Å². The fraction of sp³-hybridized carbons (Fsp3) is 1.00. The van der Waals surface area contributed by atoms with E-state index < -0.39 is 8.80 Å². The highest BCUT2D eigenvalue weighted by atomic mass is 28.4. The summed E-state index contributed by atoms with van der Waals surface area (Å²) in [5.41, 5.74) is 0. The molecule has 3 nitrogen and oxygen atoms in total. The zero-order valence-electron chi connectivity index (χ0n) is 17.9. The van der Waals surface area contributed by atoms with Crippen LogP contribution in [-0.2, 0) is 13.3 Å². The highest BCUT2D eigenvalue weighted by Crippen LogP contribution is 2.43. The van der Waals surface area contributed by atoms with E-state index in [1.54, 1.807) is 21.3 Å². The lowest BCUT2D eigenvalue weighted by Crippen LogP contribution is -2.42. The van der Waals surface area contributed by atoms with Gasteiger partial charge in [0.05, 0.1) is 0 Å². The number of hydrogen-bond donors (Lipinski definition) is 0. The van der Waals surface area contributed by atoms with E-state index >= 15 is 0 Å². The molecule has 0 aliphatic heterocycles. The molecule has 0 spiro atoms. The molecule has 0 aromatic rings. The van der Waals surface area contributed by atoms with Crippen molar-refractivity contribution < 1.29 is 13.3 Å². The summed E-state index contributed by atoms with van der Waals surface area (Å²) in [6.45, 7) is 2.34. The average Bonchev–Trinajstić information content (AvgIpc) is 2.70. The Bertz CT molecular complexity index is 348. The van der Waals surface area contributed by atoms with Crippen molar-refractivity contribution in [1.29, 1.82) is 0 Å². The standard InChI is InChI=1S/C22H44O3Si/c1-5-8-19-10-14-21(15-11-19)22-16-12-20(13-17-22)9-6-7-18-26(23-2,24-3)25-4/h19-22H,5-18H2,1-4H3. The topological polar surface area (TPSA) is 27.7 Å². The Labute approximate surface area is 163 Å². The molecule has 2 saturated carbocycles. The van der Waals surface area contributed by atoms with E-state index in [-0.39, 0.29) is 0 Å². The van der Waals surface area contributed by atoms with E-state index in [0.29, 0.717) is 0 Å². The third-order valence-electron chi connectivity index (χ3n) is 7.42. The molecule has 4 heteroatoms. The maximum atomic E-state index is 5.53. The molecule has 2 aliphatic rings. The largest absolute Gasteiger partial charge is 0.500 e. The summed E-state index contributed by atoms with van der Waals surface area (Å²) >= 11 is 0. The molecule has 26 heavy (non-hydrogen) atoms. The number of rotatable bonds is 11. The van der Waals surface area contributed by atoms with Crippen LogP contribution in [0.3, 0.4) is 0 Å². The average molecular weight is 385 g/mol. The lowest BCUT2D eigenvalue weighted by Gasteiger charge is -2.38. The fourth-order valence-electron chi connectivity index (χ4n) is 5.64. The molecular formula is C22H44O3Si. The van der Waals surface area contributed by atoms with Crippen molar-refractivity contribution in [2.45, 2.75) is 96.4 Å². The zero-order chi connectivity index (χ0) is 18.8. The molecular weight excluding hydrogens is 340 g/mol. The predicted molar refractivity (Wildman–Crippen MR) is 111 cm³/mol. The molecule has 0 radical (unpaired) electrons.